The van der Waals surface area contributed by atoms with Gasteiger partial charge < -0.3 is 5.32 Å². The van der Waals surface area contributed by atoms with Crippen LogP contribution in [0.3, 0.4) is 0 Å². The minimum Gasteiger partial charge on any atom is -0.300 e. The minimum absolute atomic E-state index is 0.246. The molecule has 1 aliphatic carbocycles. The molecule has 7 heteroatoms. The number of hydrogen-bond acceptors (Lipinski definition) is 5. The Balaban J connectivity index is 1.44. The molecule has 1 aromatic carbocycles. The van der Waals surface area contributed by atoms with Crippen LogP contribution in [0.25, 0.3) is 11.3 Å². The molecule has 0 radical (unpaired) electrons. The fraction of sp³-hybridized carbons (Fsp3) is 0.333. The van der Waals surface area contributed by atoms with Gasteiger partial charge in [0, 0.05) is 10.9 Å². The van der Waals surface area contributed by atoms with Gasteiger partial charge in [-0.3, -0.25) is 19.3 Å². The van der Waals surface area contributed by atoms with Gasteiger partial charge in [-0.2, -0.15) is 0 Å². The SMILES string of the molecule is Cc1ccc(C)c(-c2csc(NC(=O)CN3C(=O)[C@H]4CC=CC[C@@H]4C3=O)n2)c1. The molecule has 0 spiro atoms. The second kappa shape index (κ2) is 7.31. The Bertz CT molecular complexity index is 969. The van der Waals surface area contributed by atoms with Gasteiger partial charge in [0.15, 0.2) is 5.13 Å². The Morgan fingerprint density at radius 1 is 1.18 bits per heavy atom. The number of fused-ring (bicyclic) bond motifs is 1. The smallest absolute Gasteiger partial charge is 0.246 e. The van der Waals surface area contributed by atoms with Crippen molar-refractivity contribution in [1.82, 2.24) is 9.88 Å². The van der Waals surface area contributed by atoms with E-state index in [4.69, 9.17) is 0 Å². The van der Waals surface area contributed by atoms with E-state index in [2.05, 4.69) is 16.4 Å². The molecule has 1 fully saturated rings. The largest absolute Gasteiger partial charge is 0.300 e. The van der Waals surface area contributed by atoms with Crippen LogP contribution in [0.15, 0.2) is 35.7 Å². The van der Waals surface area contributed by atoms with E-state index < -0.39 is 5.91 Å². The fourth-order valence-corrected chi connectivity index (χ4v) is 4.52. The van der Waals surface area contributed by atoms with E-state index >= 15 is 0 Å². The van der Waals surface area contributed by atoms with E-state index in [9.17, 15) is 14.4 Å². The molecule has 1 aromatic heterocycles. The number of likely N-dealkylation sites (tertiary alicyclic amines) is 1. The van der Waals surface area contributed by atoms with Gasteiger partial charge in [-0.25, -0.2) is 4.98 Å². The maximum Gasteiger partial charge on any atom is 0.246 e. The van der Waals surface area contributed by atoms with Crippen LogP contribution in [0, 0.1) is 25.7 Å². The predicted octanol–water partition coefficient (Wildman–Crippen LogP) is 3.32. The number of allylic oxidation sites excluding steroid dienone is 2. The molecule has 0 bridgehead atoms. The quantitative estimate of drug-likeness (QED) is 0.636. The van der Waals surface area contributed by atoms with Crippen LogP contribution >= 0.6 is 11.3 Å². The van der Waals surface area contributed by atoms with Crippen molar-refractivity contribution in [2.24, 2.45) is 11.8 Å². The molecule has 0 unspecified atom stereocenters. The zero-order valence-corrected chi connectivity index (χ0v) is 16.6. The van der Waals surface area contributed by atoms with Crippen LogP contribution in [-0.2, 0) is 14.4 Å². The van der Waals surface area contributed by atoms with Crippen LogP contribution in [-0.4, -0.2) is 34.2 Å². The standard InChI is InChI=1S/C21H21N3O3S/c1-12-7-8-13(2)16(9-12)17-11-28-21(22-17)23-18(25)10-24-19(26)14-5-3-4-6-15(14)20(24)27/h3-4,7-9,11,14-15H,5-6,10H2,1-2H3,(H,22,23,25)/t14-,15-/m0/s1. The summed E-state index contributed by atoms with van der Waals surface area (Å²) in [5, 5.41) is 5.07. The highest BCUT2D eigenvalue weighted by Crippen LogP contribution is 2.35. The van der Waals surface area contributed by atoms with Crippen molar-refractivity contribution >= 4 is 34.2 Å². The first-order valence-electron chi connectivity index (χ1n) is 9.27. The molecule has 1 aliphatic heterocycles. The third-order valence-electron chi connectivity index (χ3n) is 5.32. The predicted molar refractivity (Wildman–Crippen MR) is 108 cm³/mol. The topological polar surface area (TPSA) is 79.4 Å². The molecule has 2 aromatic rings. The number of hydrogen-bond donors (Lipinski definition) is 1. The molecule has 6 nitrogen and oxygen atoms in total. The second-order valence-electron chi connectivity index (χ2n) is 7.32. The van der Waals surface area contributed by atoms with E-state index in [1.165, 1.54) is 11.3 Å². The summed E-state index contributed by atoms with van der Waals surface area (Å²) in [7, 11) is 0. The average Bonchev–Trinajstić information content (AvgIpc) is 3.23. The maximum atomic E-state index is 12.5. The summed E-state index contributed by atoms with van der Waals surface area (Å²) >= 11 is 1.33. The highest BCUT2D eigenvalue weighted by atomic mass is 32.1. The molecule has 2 atom stereocenters. The number of nitrogens with one attached hydrogen (secondary N) is 1. The highest BCUT2D eigenvalue weighted by molar-refractivity contribution is 7.14. The third kappa shape index (κ3) is 3.38. The number of amides is 3. The van der Waals surface area contributed by atoms with Crippen molar-refractivity contribution in [3.63, 3.8) is 0 Å². The first kappa shape index (κ1) is 18.6. The number of rotatable bonds is 4. The number of imide groups is 1. The van der Waals surface area contributed by atoms with Gasteiger partial charge in [-0.1, -0.05) is 29.8 Å². The molecule has 4 rings (SSSR count). The molecular formula is C21H21N3O3S. The van der Waals surface area contributed by atoms with Crippen molar-refractivity contribution in [2.45, 2.75) is 26.7 Å². The van der Waals surface area contributed by atoms with E-state index in [-0.39, 0.29) is 30.2 Å². The number of benzene rings is 1. The molecule has 3 amide bonds. The van der Waals surface area contributed by atoms with Gasteiger partial charge in [0.05, 0.1) is 17.5 Å². The molecular weight excluding hydrogens is 374 g/mol. The lowest BCUT2D eigenvalue weighted by Gasteiger charge is -2.14. The van der Waals surface area contributed by atoms with Gasteiger partial charge in [0.1, 0.15) is 6.54 Å². The first-order valence-corrected chi connectivity index (χ1v) is 10.1. The summed E-state index contributed by atoms with van der Waals surface area (Å²) in [6, 6.07) is 6.15. The van der Waals surface area contributed by atoms with Crippen molar-refractivity contribution < 1.29 is 14.4 Å². The Morgan fingerprint density at radius 2 is 1.86 bits per heavy atom. The lowest BCUT2D eigenvalue weighted by atomic mass is 9.85. The molecule has 0 saturated carbocycles. The summed E-state index contributed by atoms with van der Waals surface area (Å²) in [5.74, 6) is -1.54. The van der Waals surface area contributed by atoms with Crippen LogP contribution in [0.1, 0.15) is 24.0 Å². The summed E-state index contributed by atoms with van der Waals surface area (Å²) < 4.78 is 0. The molecule has 2 aliphatic rings. The number of carbonyl (C=O) groups is 3. The molecule has 28 heavy (non-hydrogen) atoms. The zero-order valence-electron chi connectivity index (χ0n) is 15.8. The fourth-order valence-electron chi connectivity index (χ4n) is 3.79. The molecule has 1 saturated heterocycles. The highest BCUT2D eigenvalue weighted by Gasteiger charge is 2.47. The minimum atomic E-state index is -0.407. The van der Waals surface area contributed by atoms with Crippen LogP contribution in [0.4, 0.5) is 5.13 Å². The van der Waals surface area contributed by atoms with Gasteiger partial charge >= 0.3 is 0 Å². The van der Waals surface area contributed by atoms with Crippen molar-refractivity contribution in [2.75, 3.05) is 11.9 Å². The van der Waals surface area contributed by atoms with Crippen molar-refractivity contribution in [3.8, 4) is 11.3 Å². The normalized spacial score (nSPS) is 21.1. The van der Waals surface area contributed by atoms with Crippen molar-refractivity contribution in [1.29, 1.82) is 0 Å². The van der Waals surface area contributed by atoms with E-state index in [0.717, 1.165) is 27.3 Å². The lowest BCUT2D eigenvalue weighted by molar-refractivity contribution is -0.142. The van der Waals surface area contributed by atoms with Gasteiger partial charge in [-0.15, -0.1) is 11.3 Å². The Kier molecular flexibility index (Phi) is 4.85. The average molecular weight is 395 g/mol. The second-order valence-corrected chi connectivity index (χ2v) is 8.18. The number of thiazole rings is 1. The van der Waals surface area contributed by atoms with Crippen LogP contribution in [0.5, 0.6) is 0 Å². The maximum absolute atomic E-state index is 12.5. The molecule has 1 N–H and O–H groups in total. The van der Waals surface area contributed by atoms with Gasteiger partial charge in [0.25, 0.3) is 0 Å². The number of anilines is 1. The van der Waals surface area contributed by atoms with E-state index in [1.807, 2.05) is 43.5 Å². The van der Waals surface area contributed by atoms with Crippen LogP contribution < -0.4 is 5.32 Å². The summed E-state index contributed by atoms with van der Waals surface area (Å²) in [6.07, 6.45) is 5.00. The first-order chi connectivity index (χ1) is 13.4. The number of aryl methyl sites for hydroxylation is 2. The Hall–Kier alpha value is -2.80. The Morgan fingerprint density at radius 3 is 2.54 bits per heavy atom. The summed E-state index contributed by atoms with van der Waals surface area (Å²) in [4.78, 5) is 43.0. The summed E-state index contributed by atoms with van der Waals surface area (Å²) in [5.41, 5.74) is 4.07. The lowest BCUT2D eigenvalue weighted by Crippen LogP contribution is -2.38. The van der Waals surface area contributed by atoms with E-state index in [0.29, 0.717) is 18.0 Å². The Labute approximate surface area is 167 Å². The third-order valence-corrected chi connectivity index (χ3v) is 6.08. The molecule has 144 valence electrons. The van der Waals surface area contributed by atoms with Crippen LogP contribution in [0.2, 0.25) is 0 Å². The summed E-state index contributed by atoms with van der Waals surface area (Å²) in [6.45, 7) is 3.78. The van der Waals surface area contributed by atoms with Crippen molar-refractivity contribution in [3.05, 3.63) is 46.9 Å². The zero-order chi connectivity index (χ0) is 19.8. The number of carbonyl (C=O) groups excluding carboxylic acids is 3. The molecule has 2 heterocycles. The van der Waals surface area contributed by atoms with E-state index in [1.54, 1.807) is 0 Å². The number of aromatic nitrogens is 1. The van der Waals surface area contributed by atoms with Gasteiger partial charge in [-0.05, 0) is 38.3 Å². The number of nitrogens with zero attached hydrogens (tertiary/aromatic N) is 2. The van der Waals surface area contributed by atoms with Gasteiger partial charge in [0.2, 0.25) is 17.7 Å². The monoisotopic (exact) mass is 395 g/mol.